The number of aromatic hydroxyl groups is 1. The molecule has 0 aliphatic carbocycles. The smallest absolute Gasteiger partial charge is 0.193 e. The predicted octanol–water partition coefficient (Wildman–Crippen LogP) is 3.73. The highest BCUT2D eigenvalue weighted by Crippen LogP contribution is 2.26. The van der Waals surface area contributed by atoms with Crippen molar-refractivity contribution < 1.29 is 9.52 Å². The van der Waals surface area contributed by atoms with Crippen LogP contribution in [0.2, 0.25) is 0 Å². The standard InChI is InChI=1S/C17H14O3/c1-2-11-5-3-4-6-13(11)17-10-15(19)14-9-12(18)7-8-16(14)20-17/h3-10,18H,2H2,1H3. The second-order valence-electron chi connectivity index (χ2n) is 4.67. The summed E-state index contributed by atoms with van der Waals surface area (Å²) in [6, 6.07) is 13.9. The first kappa shape index (κ1) is 12.5. The summed E-state index contributed by atoms with van der Waals surface area (Å²) < 4.78 is 5.82. The van der Waals surface area contributed by atoms with Crippen LogP contribution in [0.25, 0.3) is 22.3 Å². The molecule has 3 aromatic rings. The summed E-state index contributed by atoms with van der Waals surface area (Å²) in [7, 11) is 0. The third-order valence-corrected chi connectivity index (χ3v) is 3.37. The van der Waals surface area contributed by atoms with Crippen LogP contribution in [0.3, 0.4) is 0 Å². The van der Waals surface area contributed by atoms with Crippen molar-refractivity contribution in [3.63, 3.8) is 0 Å². The highest BCUT2D eigenvalue weighted by molar-refractivity contribution is 5.80. The number of benzene rings is 2. The van der Waals surface area contributed by atoms with Crippen molar-refractivity contribution in [3.05, 3.63) is 64.3 Å². The lowest BCUT2D eigenvalue weighted by atomic mass is 10.0. The molecule has 3 heteroatoms. The van der Waals surface area contributed by atoms with Gasteiger partial charge in [-0.2, -0.15) is 0 Å². The van der Waals surface area contributed by atoms with E-state index >= 15 is 0 Å². The first-order chi connectivity index (χ1) is 9.69. The first-order valence-corrected chi connectivity index (χ1v) is 6.54. The number of hydrogen-bond acceptors (Lipinski definition) is 3. The van der Waals surface area contributed by atoms with Gasteiger partial charge in [-0.15, -0.1) is 0 Å². The summed E-state index contributed by atoms with van der Waals surface area (Å²) in [5.74, 6) is 0.622. The van der Waals surface area contributed by atoms with Crippen molar-refractivity contribution in [2.45, 2.75) is 13.3 Å². The highest BCUT2D eigenvalue weighted by Gasteiger charge is 2.10. The van der Waals surface area contributed by atoms with Crippen molar-refractivity contribution in [2.75, 3.05) is 0 Å². The zero-order valence-electron chi connectivity index (χ0n) is 11.1. The molecule has 0 radical (unpaired) electrons. The van der Waals surface area contributed by atoms with Crippen LogP contribution < -0.4 is 5.43 Å². The summed E-state index contributed by atoms with van der Waals surface area (Å²) in [5, 5.41) is 9.83. The topological polar surface area (TPSA) is 50.4 Å². The van der Waals surface area contributed by atoms with Crippen molar-refractivity contribution in [3.8, 4) is 17.1 Å². The summed E-state index contributed by atoms with van der Waals surface area (Å²) in [6.45, 7) is 2.07. The van der Waals surface area contributed by atoms with Crippen LogP contribution in [0.1, 0.15) is 12.5 Å². The van der Waals surface area contributed by atoms with E-state index in [2.05, 4.69) is 6.92 Å². The Hall–Kier alpha value is -2.55. The van der Waals surface area contributed by atoms with Crippen LogP contribution >= 0.6 is 0 Å². The Kier molecular flexibility index (Phi) is 3.03. The van der Waals surface area contributed by atoms with Crippen molar-refractivity contribution in [1.82, 2.24) is 0 Å². The van der Waals surface area contributed by atoms with Gasteiger partial charge in [-0.3, -0.25) is 4.79 Å². The van der Waals surface area contributed by atoms with E-state index < -0.39 is 0 Å². The number of rotatable bonds is 2. The number of hydrogen-bond donors (Lipinski definition) is 1. The van der Waals surface area contributed by atoms with Gasteiger partial charge in [0.25, 0.3) is 0 Å². The summed E-state index contributed by atoms with van der Waals surface area (Å²) in [6.07, 6.45) is 0.869. The minimum Gasteiger partial charge on any atom is -0.508 e. The van der Waals surface area contributed by atoms with Crippen LogP contribution in [0, 0.1) is 0 Å². The van der Waals surface area contributed by atoms with Gasteiger partial charge in [-0.05, 0) is 30.2 Å². The molecule has 3 rings (SSSR count). The molecule has 1 aromatic heterocycles. The predicted molar refractivity (Wildman–Crippen MR) is 79.0 cm³/mol. The van der Waals surface area contributed by atoms with Gasteiger partial charge in [0.2, 0.25) is 0 Å². The third kappa shape index (κ3) is 2.07. The normalized spacial score (nSPS) is 10.8. The van der Waals surface area contributed by atoms with Gasteiger partial charge in [0.15, 0.2) is 5.43 Å². The molecule has 0 unspecified atom stereocenters. The van der Waals surface area contributed by atoms with E-state index in [4.69, 9.17) is 4.42 Å². The van der Waals surface area contributed by atoms with Gasteiger partial charge in [0.05, 0.1) is 5.39 Å². The average molecular weight is 266 g/mol. The quantitative estimate of drug-likeness (QED) is 0.769. The molecule has 0 fully saturated rings. The average Bonchev–Trinajstić information content (AvgIpc) is 2.47. The molecule has 0 spiro atoms. The molecule has 1 N–H and O–H groups in total. The third-order valence-electron chi connectivity index (χ3n) is 3.37. The molecule has 20 heavy (non-hydrogen) atoms. The lowest BCUT2D eigenvalue weighted by molar-refractivity contribution is 0.475. The van der Waals surface area contributed by atoms with Gasteiger partial charge >= 0.3 is 0 Å². The maximum Gasteiger partial charge on any atom is 0.193 e. The minimum absolute atomic E-state index is 0.0616. The molecule has 2 aromatic carbocycles. The van der Waals surface area contributed by atoms with E-state index in [9.17, 15) is 9.90 Å². The van der Waals surface area contributed by atoms with Gasteiger partial charge < -0.3 is 9.52 Å². The maximum atomic E-state index is 12.2. The Balaban J connectivity index is 2.28. The first-order valence-electron chi connectivity index (χ1n) is 6.54. The Morgan fingerprint density at radius 1 is 1.10 bits per heavy atom. The van der Waals surface area contributed by atoms with E-state index in [0.717, 1.165) is 17.5 Å². The number of phenols is 1. The van der Waals surface area contributed by atoms with Crippen LogP contribution in [-0.4, -0.2) is 5.11 Å². The number of phenolic OH excluding ortho intramolecular Hbond substituents is 1. The minimum atomic E-state index is -0.150. The largest absolute Gasteiger partial charge is 0.508 e. The lowest BCUT2D eigenvalue weighted by Gasteiger charge is -2.07. The van der Waals surface area contributed by atoms with E-state index in [-0.39, 0.29) is 11.2 Å². The maximum absolute atomic E-state index is 12.2. The molecular formula is C17H14O3. The van der Waals surface area contributed by atoms with Crippen molar-refractivity contribution in [1.29, 1.82) is 0 Å². The SMILES string of the molecule is CCc1ccccc1-c1cc(=O)c2cc(O)ccc2o1. The molecule has 0 saturated heterocycles. The second kappa shape index (κ2) is 4.85. The van der Waals surface area contributed by atoms with Crippen LogP contribution in [0.15, 0.2) is 57.7 Å². The Morgan fingerprint density at radius 2 is 1.90 bits per heavy atom. The van der Waals surface area contributed by atoms with Gasteiger partial charge in [0, 0.05) is 11.6 Å². The molecule has 1 heterocycles. The summed E-state index contributed by atoms with van der Waals surface area (Å²) in [5.41, 5.74) is 2.40. The van der Waals surface area contributed by atoms with Crippen LogP contribution in [-0.2, 0) is 6.42 Å². The fourth-order valence-electron chi connectivity index (χ4n) is 2.35. The molecule has 0 aliphatic heterocycles. The summed E-state index contributed by atoms with van der Waals surface area (Å²) in [4.78, 5) is 12.2. The zero-order chi connectivity index (χ0) is 14.1. The van der Waals surface area contributed by atoms with E-state index in [1.54, 1.807) is 6.07 Å². The lowest BCUT2D eigenvalue weighted by Crippen LogP contribution is -2.01. The molecule has 100 valence electrons. The van der Waals surface area contributed by atoms with E-state index in [1.165, 1.54) is 18.2 Å². The molecule has 0 amide bonds. The molecule has 0 aliphatic rings. The van der Waals surface area contributed by atoms with Crippen molar-refractivity contribution in [2.24, 2.45) is 0 Å². The van der Waals surface area contributed by atoms with E-state index in [0.29, 0.717) is 16.7 Å². The highest BCUT2D eigenvalue weighted by atomic mass is 16.3. The van der Waals surface area contributed by atoms with Crippen molar-refractivity contribution >= 4 is 11.0 Å². The number of fused-ring (bicyclic) bond motifs is 1. The van der Waals surface area contributed by atoms with Gasteiger partial charge in [-0.25, -0.2) is 0 Å². The van der Waals surface area contributed by atoms with E-state index in [1.807, 2.05) is 24.3 Å². The Labute approximate surface area is 116 Å². The van der Waals surface area contributed by atoms with Gasteiger partial charge in [0.1, 0.15) is 17.1 Å². The molecule has 0 bridgehead atoms. The Bertz CT molecular complexity index is 831. The molecule has 3 nitrogen and oxygen atoms in total. The fourth-order valence-corrected chi connectivity index (χ4v) is 2.35. The zero-order valence-corrected chi connectivity index (χ0v) is 11.1. The fraction of sp³-hybridized carbons (Fsp3) is 0.118. The molecular weight excluding hydrogens is 252 g/mol. The second-order valence-corrected chi connectivity index (χ2v) is 4.67. The van der Waals surface area contributed by atoms with Crippen LogP contribution in [0.4, 0.5) is 0 Å². The monoisotopic (exact) mass is 266 g/mol. The van der Waals surface area contributed by atoms with Gasteiger partial charge in [-0.1, -0.05) is 31.2 Å². The summed E-state index contributed by atoms with van der Waals surface area (Å²) >= 11 is 0. The molecule has 0 atom stereocenters. The number of aryl methyl sites for hydroxylation is 1. The van der Waals surface area contributed by atoms with Crippen LogP contribution in [0.5, 0.6) is 5.75 Å². The Morgan fingerprint density at radius 3 is 2.70 bits per heavy atom. The molecule has 0 saturated carbocycles.